The van der Waals surface area contributed by atoms with E-state index in [1.54, 1.807) is 0 Å². The van der Waals surface area contributed by atoms with Gasteiger partial charge in [0.15, 0.2) is 0 Å². The molecule has 0 fully saturated rings. The standard InChI is InChI=1S/C10H11ClF2N2O2/c11-6-2-1-5(3-7(6)14)10(17)15-4-8(16)9(12)13/h1-3,8-9,16H,4,14H2,(H,15,17). The van der Waals surface area contributed by atoms with Crippen LogP contribution in [0.25, 0.3) is 0 Å². The van der Waals surface area contributed by atoms with E-state index in [9.17, 15) is 13.6 Å². The molecule has 0 spiro atoms. The summed E-state index contributed by atoms with van der Waals surface area (Å²) in [6.07, 6.45) is -4.78. The first kappa shape index (κ1) is 13.7. The second-order valence-corrected chi connectivity index (χ2v) is 3.76. The molecule has 0 bridgehead atoms. The number of nitrogen functional groups attached to an aromatic ring is 1. The van der Waals surface area contributed by atoms with E-state index in [0.29, 0.717) is 5.02 Å². The molecule has 1 amide bonds. The number of halogens is 3. The van der Waals surface area contributed by atoms with Crippen molar-refractivity contribution in [1.82, 2.24) is 5.32 Å². The molecule has 0 aliphatic heterocycles. The largest absolute Gasteiger partial charge is 0.398 e. The molecule has 0 aliphatic carbocycles. The molecule has 17 heavy (non-hydrogen) atoms. The number of hydrogen-bond donors (Lipinski definition) is 3. The third kappa shape index (κ3) is 3.83. The van der Waals surface area contributed by atoms with Crippen molar-refractivity contribution in [3.8, 4) is 0 Å². The summed E-state index contributed by atoms with van der Waals surface area (Å²) in [5.74, 6) is -0.604. The first-order valence-electron chi connectivity index (χ1n) is 4.71. The first-order valence-corrected chi connectivity index (χ1v) is 5.09. The monoisotopic (exact) mass is 264 g/mol. The summed E-state index contributed by atoms with van der Waals surface area (Å²) in [5.41, 5.74) is 5.89. The summed E-state index contributed by atoms with van der Waals surface area (Å²) in [4.78, 5) is 11.5. The van der Waals surface area contributed by atoms with Gasteiger partial charge in [0, 0.05) is 12.1 Å². The topological polar surface area (TPSA) is 75.4 Å². The number of rotatable bonds is 4. The van der Waals surface area contributed by atoms with Gasteiger partial charge in [0.05, 0.1) is 10.7 Å². The molecule has 7 heteroatoms. The number of aliphatic hydroxyl groups excluding tert-OH is 1. The Labute approximate surface area is 101 Å². The van der Waals surface area contributed by atoms with Crippen LogP contribution in [-0.4, -0.2) is 30.1 Å². The molecule has 0 aliphatic rings. The Morgan fingerprint density at radius 1 is 1.53 bits per heavy atom. The number of amides is 1. The van der Waals surface area contributed by atoms with Crippen molar-refractivity contribution in [3.63, 3.8) is 0 Å². The van der Waals surface area contributed by atoms with Gasteiger partial charge in [-0.15, -0.1) is 0 Å². The fraction of sp³-hybridized carbons (Fsp3) is 0.300. The highest BCUT2D eigenvalue weighted by Crippen LogP contribution is 2.19. The van der Waals surface area contributed by atoms with Crippen molar-refractivity contribution in [2.45, 2.75) is 12.5 Å². The van der Waals surface area contributed by atoms with Crippen LogP contribution in [0.15, 0.2) is 18.2 Å². The average molecular weight is 265 g/mol. The molecular weight excluding hydrogens is 254 g/mol. The van der Waals surface area contributed by atoms with E-state index in [4.69, 9.17) is 22.4 Å². The fourth-order valence-corrected chi connectivity index (χ4v) is 1.19. The highest BCUT2D eigenvalue weighted by atomic mass is 35.5. The van der Waals surface area contributed by atoms with Gasteiger partial charge in [-0.05, 0) is 18.2 Å². The van der Waals surface area contributed by atoms with Crippen molar-refractivity contribution in [2.24, 2.45) is 0 Å². The molecule has 0 saturated heterocycles. The van der Waals surface area contributed by atoms with Gasteiger partial charge in [-0.3, -0.25) is 4.79 Å². The molecule has 1 unspecified atom stereocenters. The highest BCUT2D eigenvalue weighted by Gasteiger charge is 2.18. The summed E-state index contributed by atoms with van der Waals surface area (Å²) in [6.45, 7) is -0.529. The molecule has 1 aromatic carbocycles. The van der Waals surface area contributed by atoms with Crippen LogP contribution in [-0.2, 0) is 0 Å². The number of hydrogen-bond acceptors (Lipinski definition) is 3. The minimum absolute atomic E-state index is 0.188. The summed E-state index contributed by atoms with van der Waals surface area (Å²) >= 11 is 5.66. The Balaban J connectivity index is 2.61. The lowest BCUT2D eigenvalue weighted by atomic mass is 10.2. The SMILES string of the molecule is Nc1cc(C(=O)NCC(O)C(F)F)ccc1Cl. The molecule has 1 rings (SSSR count). The van der Waals surface area contributed by atoms with Crippen LogP contribution >= 0.6 is 11.6 Å². The van der Waals surface area contributed by atoms with Crippen LogP contribution in [0, 0.1) is 0 Å². The predicted molar refractivity (Wildman–Crippen MR) is 60.2 cm³/mol. The second-order valence-electron chi connectivity index (χ2n) is 3.35. The summed E-state index contributed by atoms with van der Waals surface area (Å²) in [7, 11) is 0. The van der Waals surface area contributed by atoms with Crippen LogP contribution in [0.5, 0.6) is 0 Å². The number of aliphatic hydroxyl groups is 1. The van der Waals surface area contributed by atoms with Gasteiger partial charge in [0.1, 0.15) is 6.10 Å². The lowest BCUT2D eigenvalue weighted by Crippen LogP contribution is -2.35. The lowest BCUT2D eigenvalue weighted by Gasteiger charge is -2.11. The zero-order valence-electron chi connectivity index (χ0n) is 8.66. The van der Waals surface area contributed by atoms with Crippen LogP contribution in [0.3, 0.4) is 0 Å². The van der Waals surface area contributed by atoms with Crippen molar-refractivity contribution >= 4 is 23.2 Å². The minimum atomic E-state index is -2.90. The van der Waals surface area contributed by atoms with Crippen LogP contribution in [0.4, 0.5) is 14.5 Å². The van der Waals surface area contributed by atoms with E-state index in [1.165, 1.54) is 18.2 Å². The maximum atomic E-state index is 12.0. The van der Waals surface area contributed by atoms with Gasteiger partial charge in [-0.2, -0.15) is 0 Å². The van der Waals surface area contributed by atoms with Gasteiger partial charge in [-0.1, -0.05) is 11.6 Å². The Morgan fingerprint density at radius 3 is 2.71 bits per heavy atom. The van der Waals surface area contributed by atoms with Gasteiger partial charge in [-0.25, -0.2) is 8.78 Å². The Bertz CT molecular complexity index is 415. The third-order valence-electron chi connectivity index (χ3n) is 2.02. The lowest BCUT2D eigenvalue weighted by molar-refractivity contribution is -0.00270. The summed E-state index contributed by atoms with van der Waals surface area (Å²) in [6, 6.07) is 4.16. The molecule has 1 atom stereocenters. The van der Waals surface area contributed by atoms with E-state index in [1.807, 2.05) is 0 Å². The summed E-state index contributed by atoms with van der Waals surface area (Å²) in [5, 5.41) is 11.3. The molecule has 1 aromatic rings. The Kier molecular flexibility index (Phi) is 4.65. The molecule has 4 N–H and O–H groups in total. The van der Waals surface area contributed by atoms with Crippen molar-refractivity contribution in [3.05, 3.63) is 28.8 Å². The van der Waals surface area contributed by atoms with E-state index >= 15 is 0 Å². The maximum absolute atomic E-state index is 12.0. The normalized spacial score (nSPS) is 12.5. The highest BCUT2D eigenvalue weighted by molar-refractivity contribution is 6.33. The zero-order chi connectivity index (χ0) is 13.0. The number of nitrogens with two attached hydrogens (primary N) is 1. The van der Waals surface area contributed by atoms with Gasteiger partial charge < -0.3 is 16.2 Å². The first-order chi connectivity index (χ1) is 7.91. The van der Waals surface area contributed by atoms with E-state index < -0.39 is 25.0 Å². The third-order valence-corrected chi connectivity index (χ3v) is 2.37. The van der Waals surface area contributed by atoms with Gasteiger partial charge in [0.25, 0.3) is 12.3 Å². The molecule has 0 aromatic heterocycles. The molecule has 0 heterocycles. The number of alkyl halides is 2. The zero-order valence-corrected chi connectivity index (χ0v) is 9.42. The number of carbonyl (C=O) groups is 1. The van der Waals surface area contributed by atoms with Crippen molar-refractivity contribution < 1.29 is 18.7 Å². The molecular formula is C10H11ClF2N2O2. The quantitative estimate of drug-likeness (QED) is 0.717. The molecule has 4 nitrogen and oxygen atoms in total. The maximum Gasteiger partial charge on any atom is 0.265 e. The molecule has 0 radical (unpaired) electrons. The van der Waals surface area contributed by atoms with Crippen LogP contribution in [0.1, 0.15) is 10.4 Å². The number of anilines is 1. The number of nitrogens with one attached hydrogen (secondary N) is 1. The van der Waals surface area contributed by atoms with Gasteiger partial charge in [0.2, 0.25) is 0 Å². The van der Waals surface area contributed by atoms with Gasteiger partial charge >= 0.3 is 0 Å². The van der Waals surface area contributed by atoms with Crippen LogP contribution in [0.2, 0.25) is 5.02 Å². The average Bonchev–Trinajstić information content (AvgIpc) is 2.28. The Hall–Kier alpha value is -1.40. The second kappa shape index (κ2) is 5.79. The summed E-state index contributed by atoms with van der Waals surface area (Å²) < 4.78 is 23.9. The van der Waals surface area contributed by atoms with Crippen molar-refractivity contribution in [2.75, 3.05) is 12.3 Å². The van der Waals surface area contributed by atoms with E-state index in [-0.39, 0.29) is 11.3 Å². The smallest absolute Gasteiger partial charge is 0.265 e. The Morgan fingerprint density at radius 2 is 2.18 bits per heavy atom. The predicted octanol–water partition coefficient (Wildman–Crippen LogP) is 1.28. The minimum Gasteiger partial charge on any atom is -0.398 e. The number of carbonyl (C=O) groups excluding carboxylic acids is 1. The number of benzene rings is 1. The van der Waals surface area contributed by atoms with E-state index in [0.717, 1.165) is 0 Å². The molecule has 0 saturated carbocycles. The van der Waals surface area contributed by atoms with Crippen LogP contribution < -0.4 is 11.1 Å². The van der Waals surface area contributed by atoms with Crippen molar-refractivity contribution in [1.29, 1.82) is 0 Å². The van der Waals surface area contributed by atoms with E-state index in [2.05, 4.69) is 5.32 Å². The molecule has 94 valence electrons. The fourth-order valence-electron chi connectivity index (χ4n) is 1.07.